The van der Waals surface area contributed by atoms with E-state index in [0.717, 1.165) is 45.3 Å². The number of thiophene rings is 1. The lowest BCUT2D eigenvalue weighted by Crippen LogP contribution is -2.45. The molecule has 1 saturated heterocycles. The van der Waals surface area contributed by atoms with Gasteiger partial charge in [-0.05, 0) is 76.7 Å². The third kappa shape index (κ3) is 5.80. The highest BCUT2D eigenvalue weighted by Gasteiger charge is 2.31. The molecule has 3 rings (SSSR count). The normalized spacial score (nSPS) is 21.6. The second-order valence-electron chi connectivity index (χ2n) is 8.15. The molecule has 5 heteroatoms. The minimum atomic E-state index is -0.149. The van der Waals surface area contributed by atoms with E-state index in [2.05, 4.69) is 36.3 Å². The lowest BCUT2D eigenvalue weighted by atomic mass is 9.84. The molecule has 1 unspecified atom stereocenters. The summed E-state index contributed by atoms with van der Waals surface area (Å²) in [6, 6.07) is 4.16. The van der Waals surface area contributed by atoms with Crippen molar-refractivity contribution in [1.29, 1.82) is 0 Å². The maximum Gasteiger partial charge on any atom is 0.323 e. The number of carbonyl (C=O) groups is 1. The van der Waals surface area contributed by atoms with Gasteiger partial charge in [0.25, 0.3) is 0 Å². The van der Waals surface area contributed by atoms with Crippen LogP contribution in [0.2, 0.25) is 0 Å². The van der Waals surface area contributed by atoms with Crippen molar-refractivity contribution in [1.82, 2.24) is 10.2 Å². The largest absolute Gasteiger partial charge is 0.464 e. The number of hydrogen-bond acceptors (Lipinski definition) is 5. The van der Waals surface area contributed by atoms with Gasteiger partial charge in [0.2, 0.25) is 0 Å². The van der Waals surface area contributed by atoms with Crippen LogP contribution in [0.15, 0.2) is 12.1 Å². The van der Waals surface area contributed by atoms with E-state index in [9.17, 15) is 4.79 Å². The predicted molar refractivity (Wildman–Crippen MR) is 107 cm³/mol. The molecular formula is C21H34N2O2S. The molecule has 2 heterocycles. The quantitative estimate of drug-likeness (QED) is 0.729. The first-order valence-electron chi connectivity index (χ1n) is 10.3. The summed E-state index contributed by atoms with van der Waals surface area (Å²) in [7, 11) is 2.16. The number of ether oxygens (including phenoxy) is 1. The molecule has 0 aromatic carbocycles. The number of aryl methyl sites for hydroxylation is 1. The summed E-state index contributed by atoms with van der Waals surface area (Å²) in [6.45, 7) is 5.72. The summed E-state index contributed by atoms with van der Waals surface area (Å²) >= 11 is 1.81. The lowest BCUT2D eigenvalue weighted by molar-refractivity contribution is -0.150. The van der Waals surface area contributed by atoms with Gasteiger partial charge in [0.05, 0.1) is 6.61 Å². The van der Waals surface area contributed by atoms with Gasteiger partial charge in [-0.1, -0.05) is 19.3 Å². The van der Waals surface area contributed by atoms with Gasteiger partial charge in [-0.3, -0.25) is 10.1 Å². The van der Waals surface area contributed by atoms with E-state index in [-0.39, 0.29) is 12.0 Å². The maximum absolute atomic E-state index is 12.9. The molecule has 2 aliphatic rings. The van der Waals surface area contributed by atoms with Crippen LogP contribution in [0.4, 0.5) is 0 Å². The minimum Gasteiger partial charge on any atom is -0.464 e. The third-order valence-corrected chi connectivity index (χ3v) is 6.97. The first-order valence-corrected chi connectivity index (χ1v) is 11.1. The topological polar surface area (TPSA) is 41.6 Å². The molecule has 1 aliphatic heterocycles. The fourth-order valence-electron chi connectivity index (χ4n) is 4.22. The second kappa shape index (κ2) is 9.86. The fourth-order valence-corrected chi connectivity index (χ4v) is 5.06. The maximum atomic E-state index is 12.9. The van der Waals surface area contributed by atoms with Gasteiger partial charge < -0.3 is 9.64 Å². The molecule has 26 heavy (non-hydrogen) atoms. The molecule has 146 valence electrons. The molecule has 1 saturated carbocycles. The van der Waals surface area contributed by atoms with Crippen molar-refractivity contribution in [2.24, 2.45) is 11.8 Å². The average molecular weight is 379 g/mol. The van der Waals surface area contributed by atoms with Crippen molar-refractivity contribution in [3.8, 4) is 0 Å². The van der Waals surface area contributed by atoms with Crippen LogP contribution in [-0.2, 0) is 16.1 Å². The molecule has 1 atom stereocenters. The smallest absolute Gasteiger partial charge is 0.323 e. The zero-order chi connectivity index (χ0) is 18.4. The van der Waals surface area contributed by atoms with Gasteiger partial charge >= 0.3 is 5.97 Å². The van der Waals surface area contributed by atoms with Crippen molar-refractivity contribution in [3.63, 3.8) is 0 Å². The van der Waals surface area contributed by atoms with E-state index in [1.807, 2.05) is 0 Å². The Morgan fingerprint density at radius 1 is 1.23 bits per heavy atom. The SMILES string of the molecule is Cc1ccc(CNC(C(=O)OCC2CCN(C)CC2)C2CCCCC2)s1. The summed E-state index contributed by atoms with van der Waals surface area (Å²) < 4.78 is 5.81. The van der Waals surface area contributed by atoms with Crippen LogP contribution in [0.5, 0.6) is 0 Å². The zero-order valence-corrected chi connectivity index (χ0v) is 17.2. The third-order valence-electron chi connectivity index (χ3n) is 5.97. The number of likely N-dealkylation sites (tertiary alicyclic amines) is 1. The molecule has 4 nitrogen and oxygen atoms in total. The van der Waals surface area contributed by atoms with Gasteiger partial charge in [0.15, 0.2) is 0 Å². The average Bonchev–Trinajstić information content (AvgIpc) is 3.07. The number of esters is 1. The molecule has 1 N–H and O–H groups in total. The highest BCUT2D eigenvalue weighted by atomic mass is 32.1. The van der Waals surface area contributed by atoms with Crippen molar-refractivity contribution in [2.75, 3.05) is 26.7 Å². The standard InChI is InChI=1S/C21H34N2O2S/c1-16-8-9-19(26-16)14-22-20(18-6-4-3-5-7-18)21(24)25-15-17-10-12-23(2)13-11-17/h8-9,17-18,20,22H,3-7,10-15H2,1-2H3. The number of carbonyl (C=O) groups excluding carboxylic acids is 1. The van der Waals surface area contributed by atoms with Gasteiger partial charge in [-0.25, -0.2) is 0 Å². The molecule has 1 aromatic rings. The molecule has 0 radical (unpaired) electrons. The molecule has 1 aromatic heterocycles. The van der Waals surface area contributed by atoms with E-state index in [1.54, 1.807) is 11.3 Å². The van der Waals surface area contributed by atoms with Crippen LogP contribution in [-0.4, -0.2) is 43.7 Å². The minimum absolute atomic E-state index is 0.0240. The summed E-state index contributed by atoms with van der Waals surface area (Å²) in [5, 5.41) is 3.54. The predicted octanol–water partition coefficient (Wildman–Crippen LogP) is 3.98. The van der Waals surface area contributed by atoms with Crippen molar-refractivity contribution in [2.45, 2.75) is 64.5 Å². The Labute approximate surface area is 162 Å². The second-order valence-corrected chi connectivity index (χ2v) is 9.52. The number of rotatable bonds is 7. The summed E-state index contributed by atoms with van der Waals surface area (Å²) in [6.07, 6.45) is 8.35. The first-order chi connectivity index (χ1) is 12.6. The van der Waals surface area contributed by atoms with Crippen LogP contribution >= 0.6 is 11.3 Å². The summed E-state index contributed by atoms with van der Waals surface area (Å²) in [5.74, 6) is 0.931. The molecule has 0 spiro atoms. The highest BCUT2D eigenvalue weighted by Crippen LogP contribution is 2.28. The van der Waals surface area contributed by atoms with Crippen LogP contribution in [0.25, 0.3) is 0 Å². The fraction of sp³-hybridized carbons (Fsp3) is 0.762. The van der Waals surface area contributed by atoms with E-state index >= 15 is 0 Å². The molecule has 1 aliphatic carbocycles. The Kier molecular flexibility index (Phi) is 7.52. The van der Waals surface area contributed by atoms with Gasteiger partial charge in [0, 0.05) is 16.3 Å². The Morgan fingerprint density at radius 2 is 1.96 bits per heavy atom. The van der Waals surface area contributed by atoms with E-state index in [4.69, 9.17) is 4.74 Å². The Hall–Kier alpha value is -0.910. The zero-order valence-electron chi connectivity index (χ0n) is 16.3. The van der Waals surface area contributed by atoms with E-state index < -0.39 is 0 Å². The Bertz CT molecular complexity index is 560. The number of nitrogens with zero attached hydrogens (tertiary/aromatic N) is 1. The molecular weight excluding hydrogens is 344 g/mol. The number of nitrogens with one attached hydrogen (secondary N) is 1. The van der Waals surface area contributed by atoms with Crippen LogP contribution < -0.4 is 5.32 Å². The lowest BCUT2D eigenvalue weighted by Gasteiger charge is -2.31. The Balaban J connectivity index is 1.53. The van der Waals surface area contributed by atoms with Gasteiger partial charge in [0.1, 0.15) is 6.04 Å². The van der Waals surface area contributed by atoms with E-state index in [0.29, 0.717) is 18.4 Å². The Morgan fingerprint density at radius 3 is 2.62 bits per heavy atom. The van der Waals surface area contributed by atoms with Crippen molar-refractivity contribution >= 4 is 17.3 Å². The van der Waals surface area contributed by atoms with Crippen molar-refractivity contribution in [3.05, 3.63) is 21.9 Å². The van der Waals surface area contributed by atoms with Gasteiger partial charge in [-0.15, -0.1) is 11.3 Å². The summed E-state index contributed by atoms with van der Waals surface area (Å²) in [4.78, 5) is 17.9. The van der Waals surface area contributed by atoms with Crippen LogP contribution in [0.3, 0.4) is 0 Å². The first kappa shape index (κ1) is 19.8. The molecule has 2 fully saturated rings. The van der Waals surface area contributed by atoms with Crippen molar-refractivity contribution < 1.29 is 9.53 Å². The van der Waals surface area contributed by atoms with Crippen LogP contribution in [0.1, 0.15) is 54.7 Å². The number of piperidine rings is 1. The van der Waals surface area contributed by atoms with Crippen LogP contribution in [0, 0.1) is 18.8 Å². The monoisotopic (exact) mass is 378 g/mol. The number of hydrogen-bond donors (Lipinski definition) is 1. The molecule has 0 amide bonds. The highest BCUT2D eigenvalue weighted by molar-refractivity contribution is 7.11. The summed E-state index contributed by atoms with van der Waals surface area (Å²) in [5.41, 5.74) is 0. The molecule has 0 bridgehead atoms. The van der Waals surface area contributed by atoms with E-state index in [1.165, 1.54) is 29.0 Å². The van der Waals surface area contributed by atoms with Gasteiger partial charge in [-0.2, -0.15) is 0 Å².